The molecule has 6 heteroatoms. The quantitative estimate of drug-likeness (QED) is 0.892. The fourth-order valence-corrected chi connectivity index (χ4v) is 3.36. The molecule has 0 bridgehead atoms. The van der Waals surface area contributed by atoms with Crippen molar-refractivity contribution in [1.82, 2.24) is 5.32 Å². The van der Waals surface area contributed by atoms with Crippen molar-refractivity contribution in [2.24, 2.45) is 0 Å². The molecule has 0 saturated carbocycles. The van der Waals surface area contributed by atoms with Gasteiger partial charge in [-0.05, 0) is 36.2 Å². The first kappa shape index (κ1) is 15.9. The van der Waals surface area contributed by atoms with E-state index in [0.29, 0.717) is 35.0 Å². The van der Waals surface area contributed by atoms with Gasteiger partial charge in [0.15, 0.2) is 0 Å². The average Bonchev–Trinajstić information content (AvgIpc) is 2.55. The van der Waals surface area contributed by atoms with Crippen molar-refractivity contribution in [2.45, 2.75) is 11.3 Å². The fraction of sp³-hybridized carbons (Fsp3) is 0.176. The molecule has 2 aromatic carbocycles. The third-order valence-corrected chi connectivity index (χ3v) is 4.95. The number of hydrogen-bond donors (Lipinski definition) is 2. The van der Waals surface area contributed by atoms with Crippen molar-refractivity contribution in [3.05, 3.63) is 58.6 Å². The SMILES string of the molecule is O=C1CSc2ccc(C(=O)NCCc3ccccc3Cl)cc2N1. The molecule has 1 heterocycles. The van der Waals surface area contributed by atoms with Crippen LogP contribution < -0.4 is 10.6 Å². The van der Waals surface area contributed by atoms with Crippen molar-refractivity contribution in [3.63, 3.8) is 0 Å². The maximum Gasteiger partial charge on any atom is 0.251 e. The molecule has 0 fully saturated rings. The molecule has 118 valence electrons. The molecule has 3 rings (SSSR count). The number of benzene rings is 2. The van der Waals surface area contributed by atoms with E-state index in [1.165, 1.54) is 11.8 Å². The van der Waals surface area contributed by atoms with Crippen LogP contribution in [-0.4, -0.2) is 24.1 Å². The Morgan fingerprint density at radius 1 is 1.26 bits per heavy atom. The van der Waals surface area contributed by atoms with Gasteiger partial charge in [0.05, 0.1) is 11.4 Å². The van der Waals surface area contributed by atoms with Crippen LogP contribution in [0.2, 0.25) is 5.02 Å². The number of thioether (sulfide) groups is 1. The molecular weight excluding hydrogens is 332 g/mol. The number of hydrogen-bond acceptors (Lipinski definition) is 3. The lowest BCUT2D eigenvalue weighted by Gasteiger charge is -2.17. The highest BCUT2D eigenvalue weighted by Gasteiger charge is 2.17. The van der Waals surface area contributed by atoms with Crippen molar-refractivity contribution in [1.29, 1.82) is 0 Å². The van der Waals surface area contributed by atoms with Gasteiger partial charge in [-0.25, -0.2) is 0 Å². The van der Waals surface area contributed by atoms with E-state index in [2.05, 4.69) is 10.6 Å². The number of amides is 2. The Morgan fingerprint density at radius 3 is 2.91 bits per heavy atom. The topological polar surface area (TPSA) is 58.2 Å². The van der Waals surface area contributed by atoms with E-state index < -0.39 is 0 Å². The summed E-state index contributed by atoms with van der Waals surface area (Å²) in [6.45, 7) is 0.501. The van der Waals surface area contributed by atoms with Crippen LogP contribution in [0.4, 0.5) is 5.69 Å². The van der Waals surface area contributed by atoms with E-state index >= 15 is 0 Å². The molecule has 4 nitrogen and oxygen atoms in total. The zero-order valence-electron chi connectivity index (χ0n) is 12.3. The Morgan fingerprint density at radius 2 is 2.09 bits per heavy atom. The number of nitrogens with one attached hydrogen (secondary N) is 2. The molecule has 2 amide bonds. The van der Waals surface area contributed by atoms with Crippen LogP contribution in [0.25, 0.3) is 0 Å². The molecule has 0 unspecified atom stereocenters. The predicted molar refractivity (Wildman–Crippen MR) is 93.3 cm³/mol. The van der Waals surface area contributed by atoms with Crippen molar-refractivity contribution in [3.8, 4) is 0 Å². The van der Waals surface area contributed by atoms with Crippen LogP contribution in [0, 0.1) is 0 Å². The lowest BCUT2D eigenvalue weighted by molar-refractivity contribution is -0.113. The van der Waals surface area contributed by atoms with E-state index in [1.54, 1.807) is 12.1 Å². The second-order valence-corrected chi connectivity index (χ2v) is 6.57. The van der Waals surface area contributed by atoms with Gasteiger partial charge < -0.3 is 10.6 Å². The highest BCUT2D eigenvalue weighted by atomic mass is 35.5. The van der Waals surface area contributed by atoms with E-state index in [4.69, 9.17) is 11.6 Å². The number of halogens is 1. The number of rotatable bonds is 4. The second kappa shape index (κ2) is 7.06. The average molecular weight is 347 g/mol. The minimum atomic E-state index is -0.162. The molecule has 2 aromatic rings. The third-order valence-electron chi connectivity index (χ3n) is 3.51. The summed E-state index contributed by atoms with van der Waals surface area (Å²) in [5.74, 6) is 0.208. The molecule has 0 radical (unpaired) electrons. The standard InChI is InChI=1S/C17H15ClN2O2S/c18-13-4-2-1-3-11(13)7-8-19-17(22)12-5-6-15-14(9-12)20-16(21)10-23-15/h1-6,9H,7-8,10H2,(H,19,22)(H,20,21). The smallest absolute Gasteiger partial charge is 0.251 e. The predicted octanol–water partition coefficient (Wildman–Crippen LogP) is 3.36. The summed E-state index contributed by atoms with van der Waals surface area (Å²) >= 11 is 7.57. The summed E-state index contributed by atoms with van der Waals surface area (Å²) in [7, 11) is 0. The van der Waals surface area contributed by atoms with Gasteiger partial charge in [0.1, 0.15) is 0 Å². The van der Waals surface area contributed by atoms with Gasteiger partial charge in [0, 0.05) is 22.0 Å². The molecule has 0 spiro atoms. The summed E-state index contributed by atoms with van der Waals surface area (Å²) in [4.78, 5) is 24.6. The Labute approximate surface area is 143 Å². The van der Waals surface area contributed by atoms with Gasteiger partial charge in [-0.3, -0.25) is 9.59 Å². The number of fused-ring (bicyclic) bond motifs is 1. The van der Waals surface area contributed by atoms with Gasteiger partial charge in [-0.1, -0.05) is 29.8 Å². The highest BCUT2D eigenvalue weighted by Crippen LogP contribution is 2.31. The van der Waals surface area contributed by atoms with E-state index in [1.807, 2.05) is 30.3 Å². The maximum atomic E-state index is 12.2. The Balaban J connectivity index is 1.61. The summed E-state index contributed by atoms with van der Waals surface area (Å²) in [5, 5.41) is 6.37. The lowest BCUT2D eigenvalue weighted by Crippen LogP contribution is -2.26. The Hall–Kier alpha value is -1.98. The van der Waals surface area contributed by atoms with E-state index in [0.717, 1.165) is 10.5 Å². The van der Waals surface area contributed by atoms with Crippen LogP contribution in [-0.2, 0) is 11.2 Å². The van der Waals surface area contributed by atoms with Gasteiger partial charge in [-0.15, -0.1) is 11.8 Å². The van der Waals surface area contributed by atoms with Crippen LogP contribution in [0.5, 0.6) is 0 Å². The van der Waals surface area contributed by atoms with E-state index in [-0.39, 0.29) is 11.8 Å². The van der Waals surface area contributed by atoms with Gasteiger partial charge >= 0.3 is 0 Å². The maximum absolute atomic E-state index is 12.2. The highest BCUT2D eigenvalue weighted by molar-refractivity contribution is 8.00. The second-order valence-electron chi connectivity index (χ2n) is 5.15. The Bertz CT molecular complexity index is 764. The molecule has 0 aromatic heterocycles. The molecule has 0 saturated heterocycles. The number of anilines is 1. The minimum Gasteiger partial charge on any atom is -0.352 e. The molecule has 1 aliphatic rings. The summed E-state index contributed by atoms with van der Waals surface area (Å²) < 4.78 is 0. The van der Waals surface area contributed by atoms with Gasteiger partial charge in [-0.2, -0.15) is 0 Å². The van der Waals surface area contributed by atoms with Gasteiger partial charge in [0.25, 0.3) is 5.91 Å². The minimum absolute atomic E-state index is 0.0428. The molecule has 1 aliphatic heterocycles. The van der Waals surface area contributed by atoms with Crippen molar-refractivity contribution < 1.29 is 9.59 Å². The fourth-order valence-electron chi connectivity index (χ4n) is 2.34. The van der Waals surface area contributed by atoms with Crippen LogP contribution in [0.15, 0.2) is 47.4 Å². The first-order valence-electron chi connectivity index (χ1n) is 7.22. The Kier molecular flexibility index (Phi) is 4.88. The van der Waals surface area contributed by atoms with Crippen LogP contribution in [0.3, 0.4) is 0 Å². The van der Waals surface area contributed by atoms with Gasteiger partial charge in [0.2, 0.25) is 5.91 Å². The molecule has 0 atom stereocenters. The number of carbonyl (C=O) groups is 2. The summed E-state index contributed by atoms with van der Waals surface area (Å²) in [5.41, 5.74) is 2.24. The molecular formula is C17H15ClN2O2S. The first-order chi connectivity index (χ1) is 11.1. The number of carbonyl (C=O) groups excluding carboxylic acids is 2. The zero-order valence-corrected chi connectivity index (χ0v) is 13.8. The largest absolute Gasteiger partial charge is 0.352 e. The summed E-state index contributed by atoms with van der Waals surface area (Å²) in [6.07, 6.45) is 0.670. The van der Waals surface area contributed by atoms with Crippen molar-refractivity contribution in [2.75, 3.05) is 17.6 Å². The molecule has 0 aliphatic carbocycles. The monoisotopic (exact) mass is 346 g/mol. The summed E-state index contributed by atoms with van der Waals surface area (Å²) in [6, 6.07) is 12.9. The van der Waals surface area contributed by atoms with E-state index in [9.17, 15) is 9.59 Å². The lowest BCUT2D eigenvalue weighted by atomic mass is 10.1. The van der Waals surface area contributed by atoms with Crippen molar-refractivity contribution >= 4 is 40.9 Å². The zero-order chi connectivity index (χ0) is 16.2. The third kappa shape index (κ3) is 3.86. The van der Waals surface area contributed by atoms with Crippen LogP contribution in [0.1, 0.15) is 15.9 Å². The first-order valence-corrected chi connectivity index (χ1v) is 8.58. The normalized spacial score (nSPS) is 13.2. The molecule has 2 N–H and O–H groups in total. The van der Waals surface area contributed by atoms with Crippen LogP contribution >= 0.6 is 23.4 Å². The molecule has 23 heavy (non-hydrogen) atoms.